The number of aromatic nitrogens is 2. The quantitative estimate of drug-likeness (QED) is 0.900. The molecule has 1 aromatic rings. The first-order chi connectivity index (χ1) is 9.98. The Morgan fingerprint density at radius 3 is 2.76 bits per heavy atom. The molecule has 21 heavy (non-hydrogen) atoms. The summed E-state index contributed by atoms with van der Waals surface area (Å²) in [6, 6.07) is 0.602. The van der Waals surface area contributed by atoms with Gasteiger partial charge in [-0.15, -0.1) is 0 Å². The zero-order valence-corrected chi connectivity index (χ0v) is 13.7. The normalized spacial score (nSPS) is 31.0. The van der Waals surface area contributed by atoms with Gasteiger partial charge in [0.15, 0.2) is 5.82 Å². The fourth-order valence-corrected chi connectivity index (χ4v) is 3.64. The molecule has 1 N–H and O–H groups in total. The van der Waals surface area contributed by atoms with Crippen molar-refractivity contribution in [3.05, 3.63) is 11.7 Å². The van der Waals surface area contributed by atoms with Crippen LogP contribution < -0.4 is 5.32 Å². The molecule has 1 aliphatic carbocycles. The molecule has 0 amide bonds. The van der Waals surface area contributed by atoms with Crippen molar-refractivity contribution in [1.29, 1.82) is 0 Å². The van der Waals surface area contributed by atoms with Gasteiger partial charge < -0.3 is 9.84 Å². The van der Waals surface area contributed by atoms with E-state index in [9.17, 15) is 0 Å². The van der Waals surface area contributed by atoms with Crippen LogP contribution >= 0.6 is 0 Å². The third-order valence-corrected chi connectivity index (χ3v) is 5.16. The summed E-state index contributed by atoms with van der Waals surface area (Å²) in [6.45, 7) is 12.1. The summed E-state index contributed by atoms with van der Waals surface area (Å²) in [5.41, 5.74) is 0.290. The molecule has 3 rings (SSSR count). The van der Waals surface area contributed by atoms with E-state index in [1.54, 1.807) is 0 Å². The molecule has 2 aliphatic rings. The molecule has 2 fully saturated rings. The standard InChI is InChI=1S/C16H28N4O/c1-11(2)14-9-17-16(4,13-5-6-13)10-20(14)8-7-15-18-12(3)21-19-15/h11,13-14,17H,5-10H2,1-4H3. The van der Waals surface area contributed by atoms with E-state index in [1.165, 1.54) is 12.8 Å². The second-order valence-corrected chi connectivity index (χ2v) is 7.33. The minimum absolute atomic E-state index is 0.290. The highest BCUT2D eigenvalue weighted by atomic mass is 16.5. The highest BCUT2D eigenvalue weighted by Gasteiger charge is 2.46. The monoisotopic (exact) mass is 292 g/mol. The fourth-order valence-electron chi connectivity index (χ4n) is 3.64. The fraction of sp³-hybridized carbons (Fsp3) is 0.875. The Bertz CT molecular complexity index is 482. The van der Waals surface area contributed by atoms with Crippen LogP contribution in [0.5, 0.6) is 0 Å². The Kier molecular flexibility index (Phi) is 4.06. The summed E-state index contributed by atoms with van der Waals surface area (Å²) in [7, 11) is 0. The first-order valence-corrected chi connectivity index (χ1v) is 8.26. The van der Waals surface area contributed by atoms with E-state index in [1.807, 2.05) is 6.92 Å². The molecule has 1 saturated carbocycles. The number of nitrogens with one attached hydrogen (secondary N) is 1. The topological polar surface area (TPSA) is 54.2 Å². The van der Waals surface area contributed by atoms with E-state index in [4.69, 9.17) is 4.52 Å². The second-order valence-electron chi connectivity index (χ2n) is 7.33. The van der Waals surface area contributed by atoms with Gasteiger partial charge in [-0.05, 0) is 31.6 Å². The Morgan fingerprint density at radius 1 is 1.43 bits per heavy atom. The zero-order chi connectivity index (χ0) is 15.0. The Hall–Kier alpha value is -0.940. The maximum Gasteiger partial charge on any atom is 0.223 e. The van der Waals surface area contributed by atoms with Crippen molar-refractivity contribution < 1.29 is 4.52 Å². The molecule has 0 aromatic carbocycles. The van der Waals surface area contributed by atoms with Crippen LogP contribution in [-0.2, 0) is 6.42 Å². The third kappa shape index (κ3) is 3.29. The van der Waals surface area contributed by atoms with E-state index in [-0.39, 0.29) is 0 Å². The van der Waals surface area contributed by atoms with Gasteiger partial charge in [0.2, 0.25) is 5.89 Å². The lowest BCUT2D eigenvalue weighted by atomic mass is 9.88. The average molecular weight is 292 g/mol. The van der Waals surface area contributed by atoms with Crippen LogP contribution in [0.25, 0.3) is 0 Å². The van der Waals surface area contributed by atoms with Gasteiger partial charge in [-0.25, -0.2) is 0 Å². The lowest BCUT2D eigenvalue weighted by Gasteiger charge is -2.48. The molecule has 5 heteroatoms. The smallest absolute Gasteiger partial charge is 0.223 e. The van der Waals surface area contributed by atoms with Crippen molar-refractivity contribution >= 4 is 0 Å². The highest BCUT2D eigenvalue weighted by molar-refractivity contribution is 5.04. The molecule has 0 bridgehead atoms. The average Bonchev–Trinajstić information content (AvgIpc) is 3.21. The minimum atomic E-state index is 0.290. The number of aryl methyl sites for hydroxylation is 1. The van der Waals surface area contributed by atoms with Crippen molar-refractivity contribution in [3.8, 4) is 0 Å². The molecule has 118 valence electrons. The molecule has 1 aliphatic heterocycles. The van der Waals surface area contributed by atoms with Gasteiger partial charge in [-0.1, -0.05) is 19.0 Å². The van der Waals surface area contributed by atoms with Crippen LogP contribution in [0.15, 0.2) is 4.52 Å². The van der Waals surface area contributed by atoms with Crippen LogP contribution in [0.4, 0.5) is 0 Å². The van der Waals surface area contributed by atoms with E-state index in [0.717, 1.165) is 37.8 Å². The van der Waals surface area contributed by atoms with Crippen LogP contribution in [-0.4, -0.2) is 46.3 Å². The number of rotatable bonds is 5. The van der Waals surface area contributed by atoms with Gasteiger partial charge >= 0.3 is 0 Å². The molecule has 0 spiro atoms. The van der Waals surface area contributed by atoms with Crippen molar-refractivity contribution in [2.75, 3.05) is 19.6 Å². The Labute approximate surface area is 127 Å². The van der Waals surface area contributed by atoms with Crippen LogP contribution in [0.1, 0.15) is 45.3 Å². The summed E-state index contributed by atoms with van der Waals surface area (Å²) in [5, 5.41) is 7.86. The number of hydrogen-bond donors (Lipinski definition) is 1. The number of hydrogen-bond acceptors (Lipinski definition) is 5. The van der Waals surface area contributed by atoms with Gasteiger partial charge in [0.05, 0.1) is 0 Å². The molecule has 2 atom stereocenters. The summed E-state index contributed by atoms with van der Waals surface area (Å²) < 4.78 is 5.08. The molecular weight excluding hydrogens is 264 g/mol. The zero-order valence-electron chi connectivity index (χ0n) is 13.7. The first-order valence-electron chi connectivity index (χ1n) is 8.26. The van der Waals surface area contributed by atoms with E-state index < -0.39 is 0 Å². The van der Waals surface area contributed by atoms with Gasteiger partial charge in [-0.3, -0.25) is 4.90 Å². The molecule has 5 nitrogen and oxygen atoms in total. The summed E-state index contributed by atoms with van der Waals surface area (Å²) in [5.74, 6) is 3.02. The lowest BCUT2D eigenvalue weighted by molar-refractivity contribution is 0.0529. The molecular formula is C16H28N4O. The van der Waals surface area contributed by atoms with Crippen molar-refractivity contribution in [2.45, 2.75) is 58.5 Å². The third-order valence-electron chi connectivity index (χ3n) is 5.16. The van der Waals surface area contributed by atoms with E-state index in [2.05, 4.69) is 41.1 Å². The molecule has 1 saturated heterocycles. The SMILES string of the molecule is Cc1nc(CCN2CC(C)(C3CC3)NCC2C(C)C)no1. The van der Waals surface area contributed by atoms with Crippen LogP contribution in [0.3, 0.4) is 0 Å². The summed E-state index contributed by atoms with van der Waals surface area (Å²) in [4.78, 5) is 6.97. The number of nitrogens with zero attached hydrogens (tertiary/aromatic N) is 3. The predicted octanol–water partition coefficient (Wildman–Crippen LogP) is 2.02. The number of piperazine rings is 1. The summed E-state index contributed by atoms with van der Waals surface area (Å²) >= 11 is 0. The van der Waals surface area contributed by atoms with Crippen molar-refractivity contribution in [1.82, 2.24) is 20.4 Å². The second kappa shape index (κ2) is 5.69. The maximum atomic E-state index is 5.08. The summed E-state index contributed by atoms with van der Waals surface area (Å²) in [6.07, 6.45) is 3.64. The molecule has 1 aromatic heterocycles. The van der Waals surface area contributed by atoms with Gasteiger partial charge in [0.1, 0.15) is 0 Å². The van der Waals surface area contributed by atoms with E-state index >= 15 is 0 Å². The van der Waals surface area contributed by atoms with Gasteiger partial charge in [0.25, 0.3) is 0 Å². The molecule has 2 unspecified atom stereocenters. The minimum Gasteiger partial charge on any atom is -0.340 e. The predicted molar refractivity (Wildman–Crippen MR) is 82.1 cm³/mol. The van der Waals surface area contributed by atoms with Crippen LogP contribution in [0.2, 0.25) is 0 Å². The molecule has 0 radical (unpaired) electrons. The Morgan fingerprint density at radius 2 is 2.19 bits per heavy atom. The van der Waals surface area contributed by atoms with E-state index in [0.29, 0.717) is 23.4 Å². The first kappa shape index (κ1) is 15.0. The largest absolute Gasteiger partial charge is 0.340 e. The van der Waals surface area contributed by atoms with Gasteiger partial charge in [-0.2, -0.15) is 4.98 Å². The van der Waals surface area contributed by atoms with Crippen LogP contribution in [0, 0.1) is 18.8 Å². The van der Waals surface area contributed by atoms with Crippen molar-refractivity contribution in [2.24, 2.45) is 11.8 Å². The maximum absolute atomic E-state index is 5.08. The highest BCUT2D eigenvalue weighted by Crippen LogP contribution is 2.41. The Balaban J connectivity index is 1.65. The lowest BCUT2D eigenvalue weighted by Crippen LogP contribution is -2.65. The van der Waals surface area contributed by atoms with Gasteiger partial charge in [0, 0.05) is 44.6 Å². The van der Waals surface area contributed by atoms with Crippen molar-refractivity contribution in [3.63, 3.8) is 0 Å². The molecule has 2 heterocycles.